The highest BCUT2D eigenvalue weighted by Crippen LogP contribution is 2.20. The van der Waals surface area contributed by atoms with Gasteiger partial charge in [-0.05, 0) is 32.1 Å². The second-order valence-corrected chi connectivity index (χ2v) is 6.68. The third kappa shape index (κ3) is 4.27. The lowest BCUT2D eigenvalue weighted by molar-refractivity contribution is 0.392. The van der Waals surface area contributed by atoms with Crippen LogP contribution in [0.15, 0.2) is 29.1 Å². The first kappa shape index (κ1) is 18.3. The van der Waals surface area contributed by atoms with E-state index >= 15 is 0 Å². The molecule has 6 heteroatoms. The van der Waals surface area contributed by atoms with E-state index in [4.69, 9.17) is 5.73 Å². The fourth-order valence-electron chi connectivity index (χ4n) is 2.53. The minimum atomic E-state index is -0.354. The van der Waals surface area contributed by atoms with Gasteiger partial charge in [-0.15, -0.1) is 0 Å². The summed E-state index contributed by atoms with van der Waals surface area (Å²) in [4.78, 5) is 14.5. The van der Waals surface area contributed by atoms with Gasteiger partial charge in [0.2, 0.25) is 0 Å². The van der Waals surface area contributed by atoms with Gasteiger partial charge in [-0.2, -0.15) is 5.10 Å². The Morgan fingerprint density at radius 3 is 2.50 bits per heavy atom. The van der Waals surface area contributed by atoms with E-state index < -0.39 is 0 Å². The molecular weight excluding hydrogens is 307 g/mol. The fourth-order valence-corrected chi connectivity index (χ4v) is 2.53. The zero-order chi connectivity index (χ0) is 17.9. The van der Waals surface area contributed by atoms with E-state index in [-0.39, 0.29) is 23.8 Å². The normalized spacial score (nSPS) is 11.5. The van der Waals surface area contributed by atoms with E-state index in [9.17, 15) is 9.18 Å². The minimum absolute atomic E-state index is 0.0970. The summed E-state index contributed by atoms with van der Waals surface area (Å²) in [5.41, 5.74) is 7.75. The van der Waals surface area contributed by atoms with E-state index in [1.807, 2.05) is 32.8 Å². The Morgan fingerprint density at radius 1 is 1.25 bits per heavy atom. The van der Waals surface area contributed by atoms with Gasteiger partial charge >= 0.3 is 0 Å². The van der Waals surface area contributed by atoms with Crippen molar-refractivity contribution in [1.29, 1.82) is 0 Å². The van der Waals surface area contributed by atoms with Crippen LogP contribution in [-0.4, -0.2) is 28.8 Å². The largest absolute Gasteiger partial charge is 0.326 e. The molecule has 0 aliphatic heterocycles. The van der Waals surface area contributed by atoms with Gasteiger partial charge in [0.05, 0.1) is 5.69 Å². The molecule has 5 nitrogen and oxygen atoms in total. The van der Waals surface area contributed by atoms with Crippen LogP contribution in [0, 0.1) is 11.7 Å². The predicted octanol–water partition coefficient (Wildman–Crippen LogP) is 2.23. The fraction of sp³-hybridized carbons (Fsp3) is 0.444. The molecule has 24 heavy (non-hydrogen) atoms. The first-order valence-electron chi connectivity index (χ1n) is 8.06. The Bertz CT molecular complexity index is 734. The Morgan fingerprint density at radius 2 is 1.96 bits per heavy atom. The van der Waals surface area contributed by atoms with Gasteiger partial charge in [0.1, 0.15) is 5.82 Å². The summed E-state index contributed by atoms with van der Waals surface area (Å²) in [6.07, 6.45) is 0. The van der Waals surface area contributed by atoms with Crippen molar-refractivity contribution in [3.8, 4) is 11.3 Å². The van der Waals surface area contributed by atoms with Crippen LogP contribution in [-0.2, 0) is 19.6 Å². The molecule has 0 saturated heterocycles. The molecule has 1 aromatic carbocycles. The quantitative estimate of drug-likeness (QED) is 0.881. The molecule has 2 aromatic rings. The van der Waals surface area contributed by atoms with Gasteiger partial charge in [0, 0.05) is 36.3 Å². The number of nitrogens with two attached hydrogens (primary N) is 1. The van der Waals surface area contributed by atoms with E-state index in [0.717, 1.165) is 0 Å². The van der Waals surface area contributed by atoms with Crippen LogP contribution in [0.1, 0.15) is 25.0 Å². The number of hydrogen-bond donors (Lipinski definition) is 1. The van der Waals surface area contributed by atoms with E-state index in [1.165, 1.54) is 10.7 Å². The molecule has 1 heterocycles. The predicted molar refractivity (Wildman–Crippen MR) is 94.0 cm³/mol. The van der Waals surface area contributed by atoms with Gasteiger partial charge in [0.15, 0.2) is 0 Å². The molecule has 0 spiro atoms. The standard InChI is InChI=1S/C18H25FN4O/c1-12(2)10-23-18(24)15(11-22(3)4)8-17(21-23)13-5-6-14(9-20)16(19)7-13/h5-8,12H,9-11,20H2,1-4H3. The monoisotopic (exact) mass is 332 g/mol. The third-order valence-electron chi connectivity index (χ3n) is 3.64. The smallest absolute Gasteiger partial charge is 0.271 e. The maximum Gasteiger partial charge on any atom is 0.271 e. The Hall–Kier alpha value is -2.05. The zero-order valence-corrected chi connectivity index (χ0v) is 14.7. The van der Waals surface area contributed by atoms with Crippen molar-refractivity contribution in [2.75, 3.05) is 14.1 Å². The molecule has 1 aromatic heterocycles. The summed E-state index contributed by atoms with van der Waals surface area (Å²) >= 11 is 0. The molecule has 130 valence electrons. The van der Waals surface area contributed by atoms with Crippen molar-refractivity contribution in [3.63, 3.8) is 0 Å². The maximum absolute atomic E-state index is 14.1. The molecular formula is C18H25FN4O. The number of halogens is 1. The highest BCUT2D eigenvalue weighted by Gasteiger charge is 2.13. The summed E-state index contributed by atoms with van der Waals surface area (Å²) in [5.74, 6) is -0.0680. The molecule has 0 saturated carbocycles. The van der Waals surface area contributed by atoms with Crippen LogP contribution in [0.2, 0.25) is 0 Å². The highest BCUT2D eigenvalue weighted by atomic mass is 19.1. The van der Waals surface area contributed by atoms with Crippen LogP contribution >= 0.6 is 0 Å². The summed E-state index contributed by atoms with van der Waals surface area (Å²) in [6, 6.07) is 6.62. The number of benzene rings is 1. The van der Waals surface area contributed by atoms with Crippen molar-refractivity contribution < 1.29 is 4.39 Å². The van der Waals surface area contributed by atoms with Crippen molar-refractivity contribution in [2.45, 2.75) is 33.5 Å². The third-order valence-corrected chi connectivity index (χ3v) is 3.64. The first-order valence-corrected chi connectivity index (χ1v) is 8.06. The first-order chi connectivity index (χ1) is 11.3. The van der Waals surface area contributed by atoms with Crippen molar-refractivity contribution in [2.24, 2.45) is 11.7 Å². The summed E-state index contributed by atoms with van der Waals surface area (Å²) in [5, 5.41) is 4.43. The molecule has 0 aliphatic carbocycles. The van der Waals surface area contributed by atoms with Gasteiger partial charge in [-0.3, -0.25) is 4.79 Å². The van der Waals surface area contributed by atoms with E-state index in [0.29, 0.717) is 35.5 Å². The molecule has 0 atom stereocenters. The van der Waals surface area contributed by atoms with Crippen LogP contribution < -0.4 is 11.3 Å². The van der Waals surface area contributed by atoms with Crippen LogP contribution in [0.5, 0.6) is 0 Å². The average Bonchev–Trinajstić information content (AvgIpc) is 2.50. The lowest BCUT2D eigenvalue weighted by Crippen LogP contribution is -2.30. The molecule has 0 radical (unpaired) electrons. The van der Waals surface area contributed by atoms with Crippen LogP contribution in [0.3, 0.4) is 0 Å². The lowest BCUT2D eigenvalue weighted by atomic mass is 10.1. The second kappa shape index (κ2) is 7.68. The Balaban J connectivity index is 2.56. The Kier molecular flexibility index (Phi) is 5.85. The number of nitrogens with zero attached hydrogens (tertiary/aromatic N) is 3. The molecule has 2 N–H and O–H groups in total. The molecule has 0 amide bonds. The van der Waals surface area contributed by atoms with Crippen LogP contribution in [0.25, 0.3) is 11.3 Å². The summed E-state index contributed by atoms with van der Waals surface area (Å²) in [6.45, 7) is 5.24. The second-order valence-electron chi connectivity index (χ2n) is 6.68. The summed E-state index contributed by atoms with van der Waals surface area (Å²) < 4.78 is 15.5. The maximum atomic E-state index is 14.1. The Labute approximate surface area is 141 Å². The zero-order valence-electron chi connectivity index (χ0n) is 14.7. The summed E-state index contributed by atoms with van der Waals surface area (Å²) in [7, 11) is 3.81. The lowest BCUT2D eigenvalue weighted by Gasteiger charge is -2.15. The van der Waals surface area contributed by atoms with Gasteiger partial charge < -0.3 is 10.6 Å². The van der Waals surface area contributed by atoms with Gasteiger partial charge in [0.25, 0.3) is 5.56 Å². The molecule has 0 fully saturated rings. The topological polar surface area (TPSA) is 64.2 Å². The molecule has 0 bridgehead atoms. The van der Waals surface area contributed by atoms with Crippen molar-refractivity contribution in [1.82, 2.24) is 14.7 Å². The molecule has 0 unspecified atom stereocenters. The molecule has 0 aliphatic rings. The van der Waals surface area contributed by atoms with Crippen molar-refractivity contribution in [3.05, 3.63) is 51.6 Å². The number of aromatic nitrogens is 2. The van der Waals surface area contributed by atoms with E-state index in [2.05, 4.69) is 5.10 Å². The van der Waals surface area contributed by atoms with E-state index in [1.54, 1.807) is 18.2 Å². The number of hydrogen-bond acceptors (Lipinski definition) is 4. The minimum Gasteiger partial charge on any atom is -0.326 e. The highest BCUT2D eigenvalue weighted by molar-refractivity contribution is 5.59. The number of rotatable bonds is 6. The van der Waals surface area contributed by atoms with Crippen LogP contribution in [0.4, 0.5) is 4.39 Å². The average molecular weight is 332 g/mol. The van der Waals surface area contributed by atoms with Crippen molar-refractivity contribution >= 4 is 0 Å². The SMILES string of the molecule is CC(C)Cn1nc(-c2ccc(CN)c(F)c2)cc(CN(C)C)c1=O. The van der Waals surface area contributed by atoms with Gasteiger partial charge in [-0.25, -0.2) is 9.07 Å². The van der Waals surface area contributed by atoms with Gasteiger partial charge in [-0.1, -0.05) is 26.0 Å². The molecule has 2 rings (SSSR count).